The van der Waals surface area contributed by atoms with Gasteiger partial charge in [-0.25, -0.2) is 0 Å². The molecule has 3 unspecified atom stereocenters. The third-order valence-corrected chi connectivity index (χ3v) is 12.6. The van der Waals surface area contributed by atoms with Crippen LogP contribution >= 0.6 is 0 Å². The number of amides is 1. The molecule has 6 nitrogen and oxygen atoms in total. The standard InChI is InChI=1S/C60H107NO5/c1-4-7-10-13-16-19-22-25-28-29-32-33-36-39-42-45-48-51-56(66-60(65)53-50-47-44-41-38-35-31-27-24-21-18-15-12-9-6-3)54-59(64)61-57(55-62)58(63)52-49-46-43-40-37-34-30-26-23-20-17-14-11-8-5-2/h9,12,15-16,18-19,21,24-25,28,32-33,56-58,62-63H,4-8,10-11,13-14,17,20,22-23,26-27,29-31,34-55H2,1-3H3,(H,61,64)/b12-9+,18-15+,19-16-,24-21+,28-25-,33-32-. The molecule has 0 radical (unpaired) electrons. The van der Waals surface area contributed by atoms with Crippen LogP contribution in [-0.4, -0.2) is 46.9 Å². The minimum Gasteiger partial charge on any atom is -0.462 e. The highest BCUT2D eigenvalue weighted by atomic mass is 16.5. The van der Waals surface area contributed by atoms with E-state index in [2.05, 4.69) is 99.0 Å². The third kappa shape index (κ3) is 47.8. The molecular formula is C60H107NO5. The number of aliphatic hydroxyl groups excluding tert-OH is 2. The maximum atomic E-state index is 13.3. The van der Waals surface area contributed by atoms with Crippen molar-refractivity contribution in [1.82, 2.24) is 5.32 Å². The summed E-state index contributed by atoms with van der Waals surface area (Å²) in [7, 11) is 0. The van der Waals surface area contributed by atoms with E-state index < -0.39 is 18.2 Å². The number of carbonyl (C=O) groups is 2. The monoisotopic (exact) mass is 922 g/mol. The highest BCUT2D eigenvalue weighted by Crippen LogP contribution is 2.18. The zero-order valence-corrected chi connectivity index (χ0v) is 43.6. The lowest BCUT2D eigenvalue weighted by molar-refractivity contribution is -0.151. The maximum Gasteiger partial charge on any atom is 0.306 e. The molecule has 0 saturated carbocycles. The lowest BCUT2D eigenvalue weighted by Crippen LogP contribution is -2.46. The summed E-state index contributed by atoms with van der Waals surface area (Å²) >= 11 is 0. The molecule has 1 amide bonds. The minimum atomic E-state index is -0.800. The van der Waals surface area contributed by atoms with E-state index >= 15 is 0 Å². The van der Waals surface area contributed by atoms with Gasteiger partial charge in [-0.2, -0.15) is 0 Å². The fraction of sp³-hybridized carbons (Fsp3) is 0.767. The molecule has 382 valence electrons. The summed E-state index contributed by atoms with van der Waals surface area (Å²) < 4.78 is 5.94. The Morgan fingerprint density at radius 2 is 0.879 bits per heavy atom. The highest BCUT2D eigenvalue weighted by Gasteiger charge is 2.24. The zero-order valence-electron chi connectivity index (χ0n) is 43.6. The van der Waals surface area contributed by atoms with Crippen LogP contribution in [0.3, 0.4) is 0 Å². The molecule has 0 spiro atoms. The van der Waals surface area contributed by atoms with E-state index in [-0.39, 0.29) is 24.9 Å². The van der Waals surface area contributed by atoms with Gasteiger partial charge in [0.15, 0.2) is 0 Å². The largest absolute Gasteiger partial charge is 0.462 e. The number of hydrogen-bond donors (Lipinski definition) is 3. The van der Waals surface area contributed by atoms with E-state index in [1.165, 1.54) is 128 Å². The number of esters is 1. The quantitative estimate of drug-likeness (QED) is 0.0244. The molecule has 3 atom stereocenters. The Bertz CT molecular complexity index is 1220. The van der Waals surface area contributed by atoms with Crippen LogP contribution in [0.25, 0.3) is 0 Å². The highest BCUT2D eigenvalue weighted by molar-refractivity contribution is 5.77. The van der Waals surface area contributed by atoms with E-state index in [0.29, 0.717) is 19.3 Å². The summed E-state index contributed by atoms with van der Waals surface area (Å²) in [5, 5.41) is 23.9. The number of ether oxygens (including phenoxy) is 1. The molecule has 0 aromatic carbocycles. The molecule has 0 saturated heterocycles. The van der Waals surface area contributed by atoms with Gasteiger partial charge in [-0.3, -0.25) is 9.59 Å². The van der Waals surface area contributed by atoms with Crippen molar-refractivity contribution >= 4 is 11.9 Å². The van der Waals surface area contributed by atoms with Crippen LogP contribution < -0.4 is 5.32 Å². The number of hydrogen-bond acceptors (Lipinski definition) is 5. The van der Waals surface area contributed by atoms with Crippen LogP contribution in [0.1, 0.15) is 271 Å². The van der Waals surface area contributed by atoms with E-state index in [0.717, 1.165) is 96.3 Å². The SMILES string of the molecule is CC/C=C/C=C/C=C/CCCCCCCCCC(=O)OC(CCCCCC/C=C\C/C=C\C/C=C\CCCCC)CC(=O)NC(CO)C(O)CCCCCCCCCCCCCCCCC. The van der Waals surface area contributed by atoms with Gasteiger partial charge in [-0.1, -0.05) is 248 Å². The Morgan fingerprint density at radius 3 is 1.39 bits per heavy atom. The molecule has 0 aromatic rings. The number of aliphatic hydroxyl groups is 2. The molecule has 0 aliphatic heterocycles. The summed E-state index contributed by atoms with van der Waals surface area (Å²) in [6.07, 6.45) is 68.1. The molecule has 0 heterocycles. The topological polar surface area (TPSA) is 95.9 Å². The van der Waals surface area contributed by atoms with Crippen LogP contribution in [0, 0.1) is 0 Å². The first-order chi connectivity index (χ1) is 32.5. The first-order valence-electron chi connectivity index (χ1n) is 28.2. The lowest BCUT2D eigenvalue weighted by atomic mass is 10.0. The number of rotatable bonds is 50. The molecule has 0 rings (SSSR count). The number of allylic oxidation sites excluding steroid dienone is 12. The fourth-order valence-corrected chi connectivity index (χ4v) is 8.32. The summed E-state index contributed by atoms with van der Waals surface area (Å²) in [5.74, 6) is -0.506. The average Bonchev–Trinajstić information content (AvgIpc) is 3.31. The predicted octanol–water partition coefficient (Wildman–Crippen LogP) is 17.3. The van der Waals surface area contributed by atoms with Crippen molar-refractivity contribution < 1.29 is 24.5 Å². The molecule has 0 aliphatic rings. The summed E-state index contributed by atoms with van der Waals surface area (Å²) in [5.41, 5.74) is 0. The summed E-state index contributed by atoms with van der Waals surface area (Å²) in [6.45, 7) is 6.34. The van der Waals surface area contributed by atoms with Crippen molar-refractivity contribution in [3.8, 4) is 0 Å². The van der Waals surface area contributed by atoms with E-state index in [1.54, 1.807) is 0 Å². The van der Waals surface area contributed by atoms with Gasteiger partial charge in [-0.15, -0.1) is 0 Å². The number of nitrogens with one attached hydrogen (secondary N) is 1. The van der Waals surface area contributed by atoms with Gasteiger partial charge in [0, 0.05) is 6.42 Å². The van der Waals surface area contributed by atoms with E-state index in [9.17, 15) is 19.8 Å². The van der Waals surface area contributed by atoms with Crippen LogP contribution in [0.2, 0.25) is 0 Å². The average molecular weight is 923 g/mol. The molecule has 0 fully saturated rings. The van der Waals surface area contributed by atoms with Crippen molar-refractivity contribution in [1.29, 1.82) is 0 Å². The first-order valence-corrected chi connectivity index (χ1v) is 28.2. The van der Waals surface area contributed by atoms with Gasteiger partial charge in [0.05, 0.1) is 25.2 Å². The smallest absolute Gasteiger partial charge is 0.306 e. The Kier molecular flexibility index (Phi) is 51.1. The number of carbonyl (C=O) groups excluding carboxylic acids is 2. The molecule has 3 N–H and O–H groups in total. The van der Waals surface area contributed by atoms with Crippen molar-refractivity contribution in [3.05, 3.63) is 72.9 Å². The molecule has 0 bridgehead atoms. The second kappa shape index (κ2) is 53.3. The maximum absolute atomic E-state index is 13.3. The van der Waals surface area contributed by atoms with Crippen molar-refractivity contribution in [2.75, 3.05) is 6.61 Å². The predicted molar refractivity (Wildman–Crippen MR) is 287 cm³/mol. The van der Waals surface area contributed by atoms with Crippen LogP contribution in [-0.2, 0) is 14.3 Å². The molecular weight excluding hydrogens is 815 g/mol. The van der Waals surface area contributed by atoms with Crippen molar-refractivity contribution in [2.24, 2.45) is 0 Å². The van der Waals surface area contributed by atoms with Gasteiger partial charge in [0.25, 0.3) is 0 Å². The van der Waals surface area contributed by atoms with Crippen LogP contribution in [0.5, 0.6) is 0 Å². The van der Waals surface area contributed by atoms with Crippen LogP contribution in [0.4, 0.5) is 0 Å². The Hall–Kier alpha value is -2.70. The van der Waals surface area contributed by atoms with Gasteiger partial charge < -0.3 is 20.3 Å². The van der Waals surface area contributed by atoms with Crippen molar-refractivity contribution in [2.45, 2.75) is 289 Å². The van der Waals surface area contributed by atoms with Gasteiger partial charge in [0.1, 0.15) is 6.10 Å². The zero-order chi connectivity index (χ0) is 48.1. The van der Waals surface area contributed by atoms with E-state index in [4.69, 9.17) is 4.74 Å². The fourth-order valence-electron chi connectivity index (χ4n) is 8.32. The molecule has 0 aromatic heterocycles. The van der Waals surface area contributed by atoms with Crippen LogP contribution in [0.15, 0.2) is 72.9 Å². The second-order valence-electron chi connectivity index (χ2n) is 19.0. The van der Waals surface area contributed by atoms with Gasteiger partial charge in [0.2, 0.25) is 5.91 Å². The Morgan fingerprint density at radius 1 is 0.470 bits per heavy atom. The molecule has 66 heavy (non-hydrogen) atoms. The third-order valence-electron chi connectivity index (χ3n) is 12.6. The minimum absolute atomic E-state index is 0.0558. The first kappa shape index (κ1) is 63.3. The summed E-state index contributed by atoms with van der Waals surface area (Å²) in [4.78, 5) is 26.3. The number of unbranched alkanes of at least 4 members (excludes halogenated alkanes) is 28. The lowest BCUT2D eigenvalue weighted by Gasteiger charge is -2.24. The second-order valence-corrected chi connectivity index (χ2v) is 19.0. The van der Waals surface area contributed by atoms with Gasteiger partial charge in [-0.05, 0) is 83.5 Å². The molecule has 0 aliphatic carbocycles. The Balaban J connectivity index is 4.63. The molecule has 6 heteroatoms. The Labute approximate surface area is 409 Å². The normalized spacial score (nSPS) is 13.7. The summed E-state index contributed by atoms with van der Waals surface area (Å²) in [6, 6.07) is -0.715. The van der Waals surface area contributed by atoms with E-state index in [1.807, 2.05) is 0 Å². The van der Waals surface area contributed by atoms with Crippen molar-refractivity contribution in [3.63, 3.8) is 0 Å². The van der Waals surface area contributed by atoms with Gasteiger partial charge >= 0.3 is 5.97 Å².